The number of nitrogens with one attached hydrogen (secondary N) is 2. The van der Waals surface area contributed by atoms with Crippen LogP contribution in [0, 0.1) is 12.8 Å². The number of fused-ring (bicyclic) bond motifs is 6. The summed E-state index contributed by atoms with van der Waals surface area (Å²) in [6.45, 7) is 23.2. The first-order valence-electron chi connectivity index (χ1n) is 15.5. The Bertz CT molecular complexity index is 1870. The Labute approximate surface area is 245 Å². The Morgan fingerprint density at radius 3 is 2.12 bits per heavy atom. The molecule has 0 fully saturated rings. The first kappa shape index (κ1) is 26.4. The molecule has 41 heavy (non-hydrogen) atoms. The van der Waals surface area contributed by atoms with Crippen molar-refractivity contribution in [2.75, 3.05) is 0 Å². The highest BCUT2D eigenvalue weighted by molar-refractivity contribution is 6.20. The Morgan fingerprint density at radius 1 is 0.829 bits per heavy atom. The van der Waals surface area contributed by atoms with E-state index < -0.39 is 0 Å². The number of hydrogen-bond acceptors (Lipinski definition) is 0. The van der Waals surface area contributed by atoms with Gasteiger partial charge in [0.25, 0.3) is 0 Å². The van der Waals surface area contributed by atoms with Crippen LogP contribution in [0.25, 0.3) is 55.6 Å². The first-order valence-corrected chi connectivity index (χ1v) is 15.5. The van der Waals surface area contributed by atoms with E-state index in [9.17, 15) is 0 Å². The summed E-state index contributed by atoms with van der Waals surface area (Å²) >= 11 is 0. The molecule has 0 unspecified atom stereocenters. The molecule has 0 saturated heterocycles. The molecule has 0 spiro atoms. The van der Waals surface area contributed by atoms with E-state index >= 15 is 0 Å². The van der Waals surface area contributed by atoms with Crippen molar-refractivity contribution < 1.29 is 0 Å². The van der Waals surface area contributed by atoms with E-state index in [2.05, 4.69) is 122 Å². The molecule has 3 aliphatic carbocycles. The van der Waals surface area contributed by atoms with Gasteiger partial charge in [-0.1, -0.05) is 85.2 Å². The van der Waals surface area contributed by atoms with Crippen molar-refractivity contribution in [1.82, 2.24) is 9.97 Å². The molecule has 2 heterocycles. The zero-order chi connectivity index (χ0) is 29.2. The Morgan fingerprint density at radius 2 is 1.49 bits per heavy atom. The molecule has 0 radical (unpaired) electrons. The maximum atomic E-state index is 3.90. The van der Waals surface area contributed by atoms with Gasteiger partial charge in [-0.3, -0.25) is 0 Å². The number of aromatic nitrogens is 2. The van der Waals surface area contributed by atoms with Gasteiger partial charge >= 0.3 is 0 Å². The van der Waals surface area contributed by atoms with Crippen molar-refractivity contribution in [3.8, 4) is 33.6 Å². The highest BCUT2D eigenvalue weighted by Gasteiger charge is 2.38. The molecule has 0 saturated carbocycles. The van der Waals surface area contributed by atoms with Crippen LogP contribution in [-0.4, -0.2) is 9.97 Å². The average molecular weight is 541 g/mol. The van der Waals surface area contributed by atoms with Crippen LogP contribution in [0.1, 0.15) is 103 Å². The van der Waals surface area contributed by atoms with E-state index in [0.717, 1.165) is 12.8 Å². The van der Waals surface area contributed by atoms with Crippen molar-refractivity contribution in [2.45, 2.75) is 92.9 Å². The Balaban J connectivity index is 1.53. The molecule has 210 valence electrons. The highest BCUT2D eigenvalue weighted by Crippen LogP contribution is 2.58. The zero-order valence-electron chi connectivity index (χ0n) is 26.5. The zero-order valence-corrected chi connectivity index (χ0v) is 26.5. The maximum Gasteiger partial charge on any atom is 0.0714 e. The van der Waals surface area contributed by atoms with E-state index in [1.807, 2.05) is 0 Å². The van der Waals surface area contributed by atoms with Crippen molar-refractivity contribution in [1.29, 1.82) is 0 Å². The van der Waals surface area contributed by atoms with Gasteiger partial charge in [0, 0.05) is 34.1 Å². The molecule has 0 bridgehead atoms. The van der Waals surface area contributed by atoms with Gasteiger partial charge in [-0.25, -0.2) is 0 Å². The Kier molecular flexibility index (Phi) is 5.47. The number of allylic oxidation sites excluding steroid dienone is 6. The normalized spacial score (nSPS) is 18.8. The molecule has 0 aliphatic heterocycles. The quantitative estimate of drug-likeness (QED) is 0.223. The number of aromatic amines is 2. The maximum absolute atomic E-state index is 3.90. The molecule has 2 aromatic carbocycles. The van der Waals surface area contributed by atoms with Crippen LogP contribution in [0.2, 0.25) is 0 Å². The molecule has 3 aliphatic rings. The first-order chi connectivity index (χ1) is 19.3. The molecular formula is C39H44N2. The molecule has 2 nitrogen and oxygen atoms in total. The van der Waals surface area contributed by atoms with Gasteiger partial charge < -0.3 is 9.97 Å². The summed E-state index contributed by atoms with van der Waals surface area (Å²) < 4.78 is 0. The van der Waals surface area contributed by atoms with Gasteiger partial charge in [-0.15, -0.1) is 0 Å². The van der Waals surface area contributed by atoms with E-state index in [-0.39, 0.29) is 10.8 Å². The molecule has 1 atom stereocenters. The van der Waals surface area contributed by atoms with Crippen LogP contribution < -0.4 is 0 Å². The summed E-state index contributed by atoms with van der Waals surface area (Å²) in [4.78, 5) is 7.70. The topological polar surface area (TPSA) is 31.6 Å². The van der Waals surface area contributed by atoms with Crippen LogP contribution in [-0.2, 0) is 10.8 Å². The van der Waals surface area contributed by atoms with Crippen LogP contribution in [0.5, 0.6) is 0 Å². The minimum absolute atomic E-state index is 0.0623. The average Bonchev–Trinajstić information content (AvgIpc) is 3.62. The highest BCUT2D eigenvalue weighted by atomic mass is 14.8. The summed E-state index contributed by atoms with van der Waals surface area (Å²) in [6.07, 6.45) is 9.35. The van der Waals surface area contributed by atoms with Crippen molar-refractivity contribution in [3.05, 3.63) is 81.7 Å². The summed E-state index contributed by atoms with van der Waals surface area (Å²) in [5.74, 6) is 0.584. The second-order valence-electron chi connectivity index (χ2n) is 14.8. The van der Waals surface area contributed by atoms with E-state index in [1.165, 1.54) is 94.7 Å². The summed E-state index contributed by atoms with van der Waals surface area (Å²) in [5, 5.41) is 2.77. The predicted octanol–water partition coefficient (Wildman–Crippen LogP) is 11.3. The molecule has 4 aromatic rings. The van der Waals surface area contributed by atoms with Crippen molar-refractivity contribution in [2.24, 2.45) is 5.92 Å². The van der Waals surface area contributed by atoms with Gasteiger partial charge in [-0.2, -0.15) is 0 Å². The van der Waals surface area contributed by atoms with Gasteiger partial charge in [0.2, 0.25) is 0 Å². The Hall–Kier alpha value is -3.52. The fourth-order valence-electron chi connectivity index (χ4n) is 7.47. The fourth-order valence-corrected chi connectivity index (χ4v) is 7.47. The van der Waals surface area contributed by atoms with Crippen LogP contribution in [0.4, 0.5) is 0 Å². The predicted molar refractivity (Wildman–Crippen MR) is 177 cm³/mol. The van der Waals surface area contributed by atoms with Crippen LogP contribution >= 0.6 is 0 Å². The second-order valence-corrected chi connectivity index (χ2v) is 14.8. The van der Waals surface area contributed by atoms with E-state index in [0.29, 0.717) is 5.92 Å². The minimum Gasteiger partial charge on any atom is -0.359 e. The summed E-state index contributed by atoms with van der Waals surface area (Å²) in [7, 11) is 0. The number of rotatable bonds is 2. The molecule has 0 amide bonds. The van der Waals surface area contributed by atoms with E-state index in [1.54, 1.807) is 0 Å². The van der Waals surface area contributed by atoms with Gasteiger partial charge in [0.05, 0.1) is 11.4 Å². The van der Waals surface area contributed by atoms with Crippen LogP contribution in [0.15, 0.2) is 53.8 Å². The number of H-pyrrole nitrogens is 2. The van der Waals surface area contributed by atoms with Crippen molar-refractivity contribution >= 4 is 21.9 Å². The summed E-state index contributed by atoms with van der Waals surface area (Å²) in [6, 6.07) is 9.81. The number of aryl methyl sites for hydroxylation is 1. The lowest BCUT2D eigenvalue weighted by atomic mass is 9.81. The van der Waals surface area contributed by atoms with Gasteiger partial charge in [0.15, 0.2) is 0 Å². The monoisotopic (exact) mass is 540 g/mol. The summed E-state index contributed by atoms with van der Waals surface area (Å²) in [5.41, 5.74) is 20.7. The lowest BCUT2D eigenvalue weighted by Crippen LogP contribution is -2.12. The third-order valence-corrected chi connectivity index (χ3v) is 9.95. The molecule has 7 rings (SSSR count). The lowest BCUT2D eigenvalue weighted by molar-refractivity contribution is 0.589. The largest absolute Gasteiger partial charge is 0.359 e. The minimum atomic E-state index is 0.0623. The molecule has 2 N–H and O–H groups in total. The fraction of sp³-hybridized carbons (Fsp3) is 0.385. The number of hydrogen-bond donors (Lipinski definition) is 2. The van der Waals surface area contributed by atoms with E-state index in [4.69, 9.17) is 0 Å². The van der Waals surface area contributed by atoms with Crippen LogP contribution in [0.3, 0.4) is 0 Å². The smallest absolute Gasteiger partial charge is 0.0714 e. The third kappa shape index (κ3) is 3.62. The van der Waals surface area contributed by atoms with Crippen molar-refractivity contribution in [3.63, 3.8) is 0 Å². The molecule has 2 heteroatoms. The van der Waals surface area contributed by atoms with Gasteiger partial charge in [0.1, 0.15) is 0 Å². The lowest BCUT2D eigenvalue weighted by Gasteiger charge is -2.23. The third-order valence-electron chi connectivity index (χ3n) is 9.95. The van der Waals surface area contributed by atoms with Gasteiger partial charge in [-0.05, 0) is 105 Å². The number of benzene rings is 2. The molecule has 2 aromatic heterocycles. The second kappa shape index (κ2) is 8.51. The molecular weight excluding hydrogens is 496 g/mol. The standard InChI is InChI=1S/C39H44N2/c1-11-12-26-31-21(3)20(2)13-14-27(31)35-32(26)22(4)41-37(35)36-34-29-18-25(39(8,9)10)16-23-15-24(38(5,6)7)17-28(33(23)29)30(34)19-40-36/h12,14-20,40-41H,11,13H2,1-10H3/b26-12+/t20-/m0/s1. The SMILES string of the molecule is CC/C=C1\C2=C(C)[C@@H](C)CC=C2c2c(-c3[nH]cc4c3-c3cc(C(C)(C)C)cc5cc(C(C)(C)C)cc-4c35)[nH]c(C)c21.